The minimum Gasteiger partial charge on any atom is -0.494 e. The number of hydrogen-bond donors (Lipinski definition) is 1. The average Bonchev–Trinajstić information content (AvgIpc) is 3.18. The zero-order valence-electron chi connectivity index (χ0n) is 12.7. The maximum atomic E-state index is 12.2. The normalized spacial score (nSPS) is 10.5. The van der Waals surface area contributed by atoms with Crippen molar-refractivity contribution in [1.82, 2.24) is 20.0 Å². The Balaban J connectivity index is 1.82. The Morgan fingerprint density at radius 2 is 2.13 bits per heavy atom. The molecule has 0 aliphatic rings. The molecule has 118 valence electrons. The number of benzene rings is 1. The van der Waals surface area contributed by atoms with E-state index in [1.165, 1.54) is 11.3 Å². The maximum Gasteiger partial charge on any atom is 0.279 e. The number of thiazole rings is 1. The molecule has 2 aromatic heterocycles. The monoisotopic (exact) mass is 329 g/mol. The molecule has 0 bridgehead atoms. The minimum atomic E-state index is -0.324. The van der Waals surface area contributed by atoms with Crippen molar-refractivity contribution in [3.05, 3.63) is 47.2 Å². The molecule has 0 saturated heterocycles. The Morgan fingerprint density at radius 1 is 1.35 bits per heavy atom. The smallest absolute Gasteiger partial charge is 0.279 e. The van der Waals surface area contributed by atoms with Crippen molar-refractivity contribution in [3.8, 4) is 11.4 Å². The van der Waals surface area contributed by atoms with Gasteiger partial charge in [0.1, 0.15) is 5.75 Å². The third-order valence-electron chi connectivity index (χ3n) is 3.15. The molecule has 0 radical (unpaired) electrons. The van der Waals surface area contributed by atoms with E-state index in [4.69, 9.17) is 4.74 Å². The number of aromatic nitrogens is 4. The second kappa shape index (κ2) is 6.57. The van der Waals surface area contributed by atoms with Crippen LogP contribution in [0.1, 0.15) is 23.1 Å². The number of nitrogens with one attached hydrogen (secondary N) is 1. The molecular weight excluding hydrogens is 314 g/mol. The number of carbonyl (C=O) groups excluding carboxylic acids is 1. The summed E-state index contributed by atoms with van der Waals surface area (Å²) in [5.74, 6) is 0.463. The first-order valence-electron chi connectivity index (χ1n) is 7.05. The molecule has 1 N–H and O–H groups in total. The summed E-state index contributed by atoms with van der Waals surface area (Å²) in [6.45, 7) is 4.35. The summed E-state index contributed by atoms with van der Waals surface area (Å²) in [5, 5.41) is 13.1. The van der Waals surface area contributed by atoms with Crippen LogP contribution in [0, 0.1) is 6.92 Å². The lowest BCUT2D eigenvalue weighted by molar-refractivity contribution is 0.102. The number of hydrogen-bond acceptors (Lipinski definition) is 6. The number of nitrogens with zero attached hydrogens (tertiary/aromatic N) is 4. The molecule has 1 amide bonds. The van der Waals surface area contributed by atoms with Gasteiger partial charge in [-0.1, -0.05) is 5.21 Å². The molecule has 8 heteroatoms. The lowest BCUT2D eigenvalue weighted by atomic mass is 10.2. The number of amides is 1. The van der Waals surface area contributed by atoms with Crippen LogP contribution in [0.25, 0.3) is 5.69 Å². The van der Waals surface area contributed by atoms with Crippen molar-refractivity contribution in [2.45, 2.75) is 13.8 Å². The van der Waals surface area contributed by atoms with E-state index in [1.807, 2.05) is 31.2 Å². The Hall–Kier alpha value is -2.74. The Bertz CT molecular complexity index is 796. The summed E-state index contributed by atoms with van der Waals surface area (Å²) in [5.41, 5.74) is 1.74. The Labute approximate surface area is 136 Å². The molecule has 2 heterocycles. The molecule has 0 spiro atoms. The molecule has 0 aliphatic carbocycles. The highest BCUT2D eigenvalue weighted by Crippen LogP contribution is 2.18. The lowest BCUT2D eigenvalue weighted by Gasteiger charge is -2.06. The van der Waals surface area contributed by atoms with E-state index >= 15 is 0 Å². The largest absolute Gasteiger partial charge is 0.494 e. The van der Waals surface area contributed by atoms with Crippen LogP contribution in [0.5, 0.6) is 5.75 Å². The van der Waals surface area contributed by atoms with Gasteiger partial charge in [0.15, 0.2) is 10.8 Å². The number of carbonyl (C=O) groups is 1. The van der Waals surface area contributed by atoms with Crippen molar-refractivity contribution < 1.29 is 9.53 Å². The van der Waals surface area contributed by atoms with Crippen molar-refractivity contribution in [2.75, 3.05) is 11.9 Å². The Morgan fingerprint density at radius 3 is 2.78 bits per heavy atom. The van der Waals surface area contributed by atoms with E-state index in [2.05, 4.69) is 20.6 Å². The van der Waals surface area contributed by atoms with Crippen molar-refractivity contribution >= 4 is 22.4 Å². The van der Waals surface area contributed by atoms with Gasteiger partial charge < -0.3 is 4.74 Å². The van der Waals surface area contributed by atoms with Crippen LogP contribution in [0.3, 0.4) is 0 Å². The molecule has 0 aliphatic heterocycles. The van der Waals surface area contributed by atoms with Crippen LogP contribution in [0.2, 0.25) is 0 Å². The molecule has 3 aromatic rings. The fourth-order valence-corrected chi connectivity index (χ4v) is 2.60. The van der Waals surface area contributed by atoms with Crippen LogP contribution < -0.4 is 10.1 Å². The fraction of sp³-hybridized carbons (Fsp3) is 0.200. The zero-order valence-corrected chi connectivity index (χ0v) is 13.5. The van der Waals surface area contributed by atoms with Gasteiger partial charge in [-0.25, -0.2) is 9.67 Å². The SMILES string of the molecule is CCOc1ccc(-n2nnc(C(=O)Nc3nccs3)c2C)cc1. The lowest BCUT2D eigenvalue weighted by Crippen LogP contribution is -2.14. The summed E-state index contributed by atoms with van der Waals surface area (Å²) >= 11 is 1.35. The van der Waals surface area contributed by atoms with E-state index in [9.17, 15) is 4.79 Å². The summed E-state index contributed by atoms with van der Waals surface area (Å²) in [7, 11) is 0. The van der Waals surface area contributed by atoms with Crippen LogP contribution in [0.15, 0.2) is 35.8 Å². The minimum absolute atomic E-state index is 0.272. The van der Waals surface area contributed by atoms with Gasteiger partial charge in [0.05, 0.1) is 18.0 Å². The van der Waals surface area contributed by atoms with Gasteiger partial charge in [-0.2, -0.15) is 0 Å². The van der Waals surface area contributed by atoms with Crippen molar-refractivity contribution in [3.63, 3.8) is 0 Å². The Kier molecular flexibility index (Phi) is 4.33. The second-order valence-electron chi connectivity index (χ2n) is 4.65. The third kappa shape index (κ3) is 3.21. The summed E-state index contributed by atoms with van der Waals surface area (Å²) in [4.78, 5) is 16.3. The number of anilines is 1. The molecular formula is C15H15N5O2S. The quantitative estimate of drug-likeness (QED) is 0.778. The van der Waals surface area contributed by atoms with Gasteiger partial charge in [-0.15, -0.1) is 16.4 Å². The van der Waals surface area contributed by atoms with Gasteiger partial charge in [-0.3, -0.25) is 10.1 Å². The zero-order chi connectivity index (χ0) is 16.2. The second-order valence-corrected chi connectivity index (χ2v) is 5.55. The first-order chi connectivity index (χ1) is 11.2. The fourth-order valence-electron chi connectivity index (χ4n) is 2.08. The number of ether oxygens (including phenoxy) is 1. The molecule has 0 atom stereocenters. The molecule has 23 heavy (non-hydrogen) atoms. The van der Waals surface area contributed by atoms with E-state index in [0.717, 1.165) is 11.4 Å². The molecule has 0 fully saturated rings. The van der Waals surface area contributed by atoms with Crippen LogP contribution in [0.4, 0.5) is 5.13 Å². The highest BCUT2D eigenvalue weighted by molar-refractivity contribution is 7.13. The summed E-state index contributed by atoms with van der Waals surface area (Å²) in [6.07, 6.45) is 1.63. The maximum absolute atomic E-state index is 12.2. The van der Waals surface area contributed by atoms with Crippen molar-refractivity contribution in [2.24, 2.45) is 0 Å². The van der Waals surface area contributed by atoms with Crippen LogP contribution in [-0.2, 0) is 0 Å². The molecule has 3 rings (SSSR count). The van der Waals surface area contributed by atoms with E-state index in [1.54, 1.807) is 23.2 Å². The van der Waals surface area contributed by atoms with E-state index in [0.29, 0.717) is 17.4 Å². The molecule has 0 unspecified atom stereocenters. The molecule has 0 saturated carbocycles. The van der Waals surface area contributed by atoms with Gasteiger partial charge >= 0.3 is 0 Å². The van der Waals surface area contributed by atoms with E-state index < -0.39 is 0 Å². The van der Waals surface area contributed by atoms with Gasteiger partial charge in [0.25, 0.3) is 5.91 Å². The molecule has 7 nitrogen and oxygen atoms in total. The topological polar surface area (TPSA) is 81.9 Å². The van der Waals surface area contributed by atoms with Gasteiger partial charge in [-0.05, 0) is 38.1 Å². The van der Waals surface area contributed by atoms with Gasteiger partial charge in [0, 0.05) is 11.6 Å². The average molecular weight is 329 g/mol. The van der Waals surface area contributed by atoms with E-state index in [-0.39, 0.29) is 11.6 Å². The van der Waals surface area contributed by atoms with Crippen molar-refractivity contribution in [1.29, 1.82) is 0 Å². The summed E-state index contributed by atoms with van der Waals surface area (Å²) < 4.78 is 7.03. The summed E-state index contributed by atoms with van der Waals surface area (Å²) in [6, 6.07) is 7.45. The standard InChI is InChI=1S/C15H15N5O2S/c1-3-22-12-6-4-11(5-7-12)20-10(2)13(18-19-20)14(21)17-15-16-8-9-23-15/h4-9H,3H2,1-2H3,(H,16,17,21). The molecule has 1 aromatic carbocycles. The predicted octanol–water partition coefficient (Wildman–Crippen LogP) is 2.68. The highest BCUT2D eigenvalue weighted by Gasteiger charge is 2.18. The van der Waals surface area contributed by atoms with Crippen LogP contribution in [-0.4, -0.2) is 32.5 Å². The first kappa shape index (κ1) is 15.2. The van der Waals surface area contributed by atoms with Gasteiger partial charge in [0.2, 0.25) is 0 Å². The highest BCUT2D eigenvalue weighted by atomic mass is 32.1. The predicted molar refractivity (Wildman–Crippen MR) is 87.3 cm³/mol. The first-order valence-corrected chi connectivity index (χ1v) is 7.93. The third-order valence-corrected chi connectivity index (χ3v) is 3.84. The van der Waals surface area contributed by atoms with Crippen LogP contribution >= 0.6 is 11.3 Å². The number of rotatable bonds is 5.